The van der Waals surface area contributed by atoms with Crippen LogP contribution in [0.15, 0.2) is 34.8 Å². The Balaban J connectivity index is 2.24. The summed E-state index contributed by atoms with van der Waals surface area (Å²) in [5, 5.41) is 0.786. The molecule has 112 valence electrons. The van der Waals surface area contributed by atoms with Crippen molar-refractivity contribution >= 4 is 27.5 Å². The molecule has 0 spiro atoms. The van der Waals surface area contributed by atoms with Gasteiger partial charge in [0.25, 0.3) is 0 Å². The van der Waals surface area contributed by atoms with E-state index in [4.69, 9.17) is 22.1 Å². The second-order valence-corrected chi connectivity index (χ2v) is 6.65. The van der Waals surface area contributed by atoms with E-state index in [1.165, 1.54) is 5.56 Å². The third kappa shape index (κ3) is 4.22. The minimum absolute atomic E-state index is 0.144. The maximum absolute atomic E-state index is 6.18. The van der Waals surface area contributed by atoms with Gasteiger partial charge in [-0.15, -0.1) is 0 Å². The summed E-state index contributed by atoms with van der Waals surface area (Å²) < 4.78 is 6.87. The number of aryl methyl sites for hydroxylation is 2. The van der Waals surface area contributed by atoms with Gasteiger partial charge in [-0.1, -0.05) is 17.7 Å². The van der Waals surface area contributed by atoms with E-state index in [0.717, 1.165) is 38.5 Å². The summed E-state index contributed by atoms with van der Waals surface area (Å²) in [6.07, 6.45) is 0.845. The monoisotopic (exact) mass is 367 g/mol. The molecule has 0 heterocycles. The van der Waals surface area contributed by atoms with Gasteiger partial charge in [-0.2, -0.15) is 0 Å². The Bertz CT molecular complexity index is 632. The van der Waals surface area contributed by atoms with Gasteiger partial charge in [0.05, 0.1) is 4.47 Å². The second kappa shape index (κ2) is 6.82. The average Bonchev–Trinajstić information content (AvgIpc) is 2.38. The molecule has 2 N–H and O–H groups in total. The molecule has 0 aliphatic heterocycles. The van der Waals surface area contributed by atoms with Gasteiger partial charge >= 0.3 is 0 Å². The molecular weight excluding hydrogens is 350 g/mol. The van der Waals surface area contributed by atoms with Crippen LogP contribution in [0.5, 0.6) is 11.5 Å². The lowest BCUT2D eigenvalue weighted by molar-refractivity contribution is 0.478. The van der Waals surface area contributed by atoms with Gasteiger partial charge in [-0.05, 0) is 84.1 Å². The smallest absolute Gasteiger partial charge is 0.141 e. The van der Waals surface area contributed by atoms with Gasteiger partial charge < -0.3 is 10.5 Å². The molecular formula is C17H19BrClNO. The third-order valence-corrected chi connectivity index (χ3v) is 4.41. The van der Waals surface area contributed by atoms with E-state index in [1.807, 2.05) is 51.1 Å². The quantitative estimate of drug-likeness (QED) is 0.784. The third-order valence-electron chi connectivity index (χ3n) is 3.19. The minimum Gasteiger partial charge on any atom is -0.456 e. The highest BCUT2D eigenvalue weighted by molar-refractivity contribution is 9.10. The zero-order valence-corrected chi connectivity index (χ0v) is 14.8. The molecule has 2 aromatic rings. The molecule has 1 atom stereocenters. The first-order chi connectivity index (χ1) is 9.86. The Hall–Kier alpha value is -1.03. The molecule has 0 aliphatic carbocycles. The van der Waals surface area contributed by atoms with Crippen LogP contribution in [0.2, 0.25) is 5.02 Å². The van der Waals surface area contributed by atoms with Crippen molar-refractivity contribution in [3.63, 3.8) is 0 Å². The number of ether oxygens (including phenoxy) is 1. The summed E-state index contributed by atoms with van der Waals surface area (Å²) in [6, 6.07) is 10.1. The summed E-state index contributed by atoms with van der Waals surface area (Å²) in [6.45, 7) is 5.95. The van der Waals surface area contributed by atoms with Gasteiger partial charge in [-0.25, -0.2) is 0 Å². The van der Waals surface area contributed by atoms with Crippen molar-refractivity contribution in [2.75, 3.05) is 0 Å². The van der Waals surface area contributed by atoms with Crippen molar-refractivity contribution in [3.05, 3.63) is 56.5 Å². The lowest BCUT2D eigenvalue weighted by Crippen LogP contribution is -2.17. The summed E-state index contributed by atoms with van der Waals surface area (Å²) in [5.41, 5.74) is 9.03. The fraction of sp³-hybridized carbons (Fsp3) is 0.294. The first-order valence-corrected chi connectivity index (χ1v) is 8.02. The normalized spacial score (nSPS) is 12.3. The topological polar surface area (TPSA) is 35.2 Å². The zero-order chi connectivity index (χ0) is 15.6. The summed E-state index contributed by atoms with van der Waals surface area (Å²) >= 11 is 9.73. The molecule has 0 fully saturated rings. The SMILES string of the molecule is Cc1cc(Oc2ccc(CC(C)N)cc2Br)cc(C)c1Cl. The fourth-order valence-electron chi connectivity index (χ4n) is 2.22. The number of hydrogen-bond donors (Lipinski definition) is 1. The molecule has 0 aliphatic rings. The molecule has 0 aromatic heterocycles. The molecule has 4 heteroatoms. The van der Waals surface area contributed by atoms with Crippen molar-refractivity contribution in [1.29, 1.82) is 0 Å². The Morgan fingerprint density at radius 1 is 1.19 bits per heavy atom. The highest BCUT2D eigenvalue weighted by atomic mass is 79.9. The molecule has 2 aromatic carbocycles. The van der Waals surface area contributed by atoms with Gasteiger partial charge in [0.2, 0.25) is 0 Å². The van der Waals surface area contributed by atoms with E-state index >= 15 is 0 Å². The first-order valence-electron chi connectivity index (χ1n) is 6.85. The lowest BCUT2D eigenvalue weighted by Gasteiger charge is -2.12. The largest absolute Gasteiger partial charge is 0.456 e. The van der Waals surface area contributed by atoms with Gasteiger partial charge in [0.15, 0.2) is 0 Å². The van der Waals surface area contributed by atoms with Crippen LogP contribution in [-0.4, -0.2) is 6.04 Å². The van der Waals surface area contributed by atoms with Gasteiger partial charge in [-0.3, -0.25) is 0 Å². The van der Waals surface area contributed by atoms with E-state index in [0.29, 0.717) is 0 Å². The van der Waals surface area contributed by atoms with Crippen molar-refractivity contribution in [3.8, 4) is 11.5 Å². The van der Waals surface area contributed by atoms with Crippen LogP contribution >= 0.6 is 27.5 Å². The molecule has 0 saturated carbocycles. The van der Waals surface area contributed by atoms with Crippen molar-refractivity contribution in [2.24, 2.45) is 5.73 Å². The Labute approximate surface area is 139 Å². The molecule has 0 saturated heterocycles. The fourth-order valence-corrected chi connectivity index (χ4v) is 2.83. The van der Waals surface area contributed by atoms with Crippen molar-refractivity contribution in [1.82, 2.24) is 0 Å². The number of halogens is 2. The number of nitrogens with two attached hydrogens (primary N) is 1. The van der Waals surface area contributed by atoms with Crippen LogP contribution in [0.1, 0.15) is 23.6 Å². The van der Waals surface area contributed by atoms with Crippen LogP contribution in [0.3, 0.4) is 0 Å². The van der Waals surface area contributed by atoms with Crippen molar-refractivity contribution < 1.29 is 4.74 Å². The first kappa shape index (κ1) is 16.3. The second-order valence-electron chi connectivity index (χ2n) is 5.42. The van der Waals surface area contributed by atoms with Crippen LogP contribution in [0.4, 0.5) is 0 Å². The molecule has 21 heavy (non-hydrogen) atoms. The number of rotatable bonds is 4. The number of benzene rings is 2. The van der Waals surface area contributed by atoms with Gasteiger partial charge in [0.1, 0.15) is 11.5 Å². The van der Waals surface area contributed by atoms with Crippen LogP contribution in [-0.2, 0) is 6.42 Å². The Morgan fingerprint density at radius 2 is 1.81 bits per heavy atom. The maximum Gasteiger partial charge on any atom is 0.141 e. The minimum atomic E-state index is 0.144. The highest BCUT2D eigenvalue weighted by Gasteiger charge is 2.08. The standard InChI is InChI=1S/C17H19BrClNO/c1-10-6-14(7-11(2)17(10)19)21-16-5-4-13(8-12(3)20)9-15(16)18/h4-7,9,12H,8,20H2,1-3H3. The van der Waals surface area contributed by atoms with E-state index in [-0.39, 0.29) is 6.04 Å². The summed E-state index contributed by atoms with van der Waals surface area (Å²) in [4.78, 5) is 0. The molecule has 2 rings (SSSR count). The van der Waals surface area contributed by atoms with Gasteiger partial charge in [0, 0.05) is 11.1 Å². The average molecular weight is 369 g/mol. The Morgan fingerprint density at radius 3 is 2.33 bits per heavy atom. The molecule has 0 amide bonds. The molecule has 0 radical (unpaired) electrons. The van der Waals surface area contributed by atoms with E-state index in [2.05, 4.69) is 15.9 Å². The highest BCUT2D eigenvalue weighted by Crippen LogP contribution is 2.33. The van der Waals surface area contributed by atoms with Crippen LogP contribution in [0.25, 0.3) is 0 Å². The van der Waals surface area contributed by atoms with E-state index in [1.54, 1.807) is 0 Å². The molecule has 2 nitrogen and oxygen atoms in total. The molecule has 0 bridgehead atoms. The van der Waals surface area contributed by atoms with Crippen LogP contribution < -0.4 is 10.5 Å². The van der Waals surface area contributed by atoms with Crippen LogP contribution in [0, 0.1) is 13.8 Å². The number of hydrogen-bond acceptors (Lipinski definition) is 2. The summed E-state index contributed by atoms with van der Waals surface area (Å²) in [7, 11) is 0. The van der Waals surface area contributed by atoms with Crippen molar-refractivity contribution in [2.45, 2.75) is 33.2 Å². The van der Waals surface area contributed by atoms with E-state index < -0.39 is 0 Å². The predicted molar refractivity (Wildman–Crippen MR) is 92.5 cm³/mol. The Kier molecular flexibility index (Phi) is 5.31. The summed E-state index contributed by atoms with van der Waals surface area (Å²) in [5.74, 6) is 1.57. The molecule has 1 unspecified atom stereocenters. The lowest BCUT2D eigenvalue weighted by atomic mass is 10.1. The van der Waals surface area contributed by atoms with E-state index in [9.17, 15) is 0 Å². The maximum atomic E-state index is 6.18. The zero-order valence-electron chi connectivity index (χ0n) is 12.4. The predicted octanol–water partition coefficient (Wildman–Crippen LogP) is 5.40.